The van der Waals surface area contributed by atoms with Gasteiger partial charge in [0.1, 0.15) is 11.6 Å². The molecule has 4 nitrogen and oxygen atoms in total. The van der Waals surface area contributed by atoms with E-state index in [1.54, 1.807) is 6.20 Å². The largest absolute Gasteiger partial charge is 0.376 e. The van der Waals surface area contributed by atoms with Gasteiger partial charge in [-0.25, -0.2) is 0 Å². The average Bonchev–Trinajstić information content (AvgIpc) is 2.33. The second-order valence-electron chi connectivity index (χ2n) is 4.79. The van der Waals surface area contributed by atoms with E-state index in [0.717, 1.165) is 25.9 Å². The normalized spacial score (nSPS) is 11.2. The van der Waals surface area contributed by atoms with Crippen LogP contribution in [0.2, 0.25) is 0 Å². The van der Waals surface area contributed by atoms with Gasteiger partial charge >= 0.3 is 0 Å². The molecule has 1 N–H and O–H groups in total. The zero-order valence-corrected chi connectivity index (χ0v) is 12.0. The highest BCUT2D eigenvalue weighted by Gasteiger charge is 2.10. The van der Waals surface area contributed by atoms with Gasteiger partial charge in [0.05, 0.1) is 0 Å². The van der Waals surface area contributed by atoms with Gasteiger partial charge in [0, 0.05) is 25.8 Å². The molecule has 18 heavy (non-hydrogen) atoms. The molecule has 1 amide bonds. The molecular weight excluding hydrogens is 226 g/mol. The topological polar surface area (TPSA) is 56.1 Å². The Morgan fingerprint density at radius 3 is 2.28 bits per heavy atom. The third-order valence-corrected chi connectivity index (χ3v) is 2.37. The minimum Gasteiger partial charge on any atom is -0.376 e. The monoisotopic (exact) mass is 251 g/mol. The predicted octanol–water partition coefficient (Wildman–Crippen LogP) is 2.29. The van der Waals surface area contributed by atoms with E-state index in [2.05, 4.69) is 19.2 Å². The SMILES string of the molecule is CCCN(/C=C(/C#N)C(=O)NCC(C)C)CCC. The Morgan fingerprint density at radius 1 is 1.33 bits per heavy atom. The summed E-state index contributed by atoms with van der Waals surface area (Å²) in [5, 5.41) is 11.8. The number of carbonyl (C=O) groups excluding carboxylic acids is 1. The maximum Gasteiger partial charge on any atom is 0.263 e. The molecule has 0 saturated carbocycles. The molecule has 0 aliphatic carbocycles. The molecule has 0 atom stereocenters. The van der Waals surface area contributed by atoms with Crippen molar-refractivity contribution in [1.82, 2.24) is 10.2 Å². The first-order valence-corrected chi connectivity index (χ1v) is 6.69. The molecule has 0 aromatic carbocycles. The van der Waals surface area contributed by atoms with Crippen molar-refractivity contribution in [3.05, 3.63) is 11.8 Å². The van der Waals surface area contributed by atoms with Gasteiger partial charge < -0.3 is 10.2 Å². The quantitative estimate of drug-likeness (QED) is 0.532. The van der Waals surface area contributed by atoms with Crippen LogP contribution in [-0.2, 0) is 4.79 Å². The van der Waals surface area contributed by atoms with Crippen LogP contribution in [0.1, 0.15) is 40.5 Å². The van der Waals surface area contributed by atoms with Gasteiger partial charge in [-0.15, -0.1) is 0 Å². The summed E-state index contributed by atoms with van der Waals surface area (Å²) in [6.45, 7) is 10.6. The number of hydrogen-bond donors (Lipinski definition) is 1. The third kappa shape index (κ3) is 6.95. The second-order valence-corrected chi connectivity index (χ2v) is 4.79. The van der Waals surface area contributed by atoms with Crippen LogP contribution in [0.5, 0.6) is 0 Å². The van der Waals surface area contributed by atoms with Gasteiger partial charge in [-0.05, 0) is 18.8 Å². The van der Waals surface area contributed by atoms with Crippen LogP contribution in [0.15, 0.2) is 11.8 Å². The summed E-state index contributed by atoms with van der Waals surface area (Å²) in [5.41, 5.74) is 0.192. The molecule has 0 aliphatic heterocycles. The molecular formula is C14H25N3O. The molecule has 0 bridgehead atoms. The van der Waals surface area contributed by atoms with E-state index in [-0.39, 0.29) is 11.5 Å². The predicted molar refractivity (Wildman–Crippen MR) is 73.7 cm³/mol. The molecule has 0 fully saturated rings. The molecule has 0 aromatic rings. The molecule has 0 radical (unpaired) electrons. The lowest BCUT2D eigenvalue weighted by molar-refractivity contribution is -0.117. The summed E-state index contributed by atoms with van der Waals surface area (Å²) < 4.78 is 0. The maximum atomic E-state index is 11.8. The van der Waals surface area contributed by atoms with E-state index < -0.39 is 0 Å². The van der Waals surface area contributed by atoms with Crippen LogP contribution < -0.4 is 5.32 Å². The van der Waals surface area contributed by atoms with Gasteiger partial charge in [-0.3, -0.25) is 4.79 Å². The number of nitriles is 1. The molecule has 0 spiro atoms. The number of amides is 1. The van der Waals surface area contributed by atoms with Crippen LogP contribution in [0.25, 0.3) is 0 Å². The summed E-state index contributed by atoms with van der Waals surface area (Å²) >= 11 is 0. The van der Waals surface area contributed by atoms with Gasteiger partial charge in [-0.2, -0.15) is 5.26 Å². The highest BCUT2D eigenvalue weighted by molar-refractivity contribution is 5.97. The molecule has 0 aromatic heterocycles. The second kappa shape index (κ2) is 9.52. The maximum absolute atomic E-state index is 11.8. The summed E-state index contributed by atoms with van der Waals surface area (Å²) in [4.78, 5) is 13.8. The summed E-state index contributed by atoms with van der Waals surface area (Å²) in [6, 6.07) is 1.98. The van der Waals surface area contributed by atoms with Crippen molar-refractivity contribution in [2.75, 3.05) is 19.6 Å². The van der Waals surface area contributed by atoms with Crippen molar-refractivity contribution in [2.24, 2.45) is 5.92 Å². The Morgan fingerprint density at radius 2 is 1.89 bits per heavy atom. The molecule has 4 heteroatoms. The Balaban J connectivity index is 4.61. The number of carbonyl (C=O) groups is 1. The highest BCUT2D eigenvalue weighted by Crippen LogP contribution is 2.01. The lowest BCUT2D eigenvalue weighted by Gasteiger charge is -2.19. The average molecular weight is 251 g/mol. The Hall–Kier alpha value is -1.50. The van der Waals surface area contributed by atoms with E-state index >= 15 is 0 Å². The van der Waals surface area contributed by atoms with Gasteiger partial charge in [0.25, 0.3) is 5.91 Å². The molecule has 0 rings (SSSR count). The van der Waals surface area contributed by atoms with Crippen LogP contribution in [0, 0.1) is 17.2 Å². The first-order chi connectivity index (χ1) is 8.54. The Labute approximate surface area is 111 Å². The number of nitrogens with zero attached hydrogens (tertiary/aromatic N) is 2. The highest BCUT2D eigenvalue weighted by atomic mass is 16.1. The fourth-order valence-electron chi connectivity index (χ4n) is 1.53. The number of rotatable bonds is 8. The molecule has 0 saturated heterocycles. The van der Waals surface area contributed by atoms with Crippen LogP contribution in [-0.4, -0.2) is 30.4 Å². The number of hydrogen-bond acceptors (Lipinski definition) is 3. The molecule has 0 aliphatic rings. The third-order valence-electron chi connectivity index (χ3n) is 2.37. The first kappa shape index (κ1) is 16.5. The van der Waals surface area contributed by atoms with Crippen molar-refractivity contribution in [1.29, 1.82) is 5.26 Å². The zero-order chi connectivity index (χ0) is 14.0. The summed E-state index contributed by atoms with van der Waals surface area (Å²) in [6.07, 6.45) is 3.69. The number of nitrogens with one attached hydrogen (secondary N) is 1. The van der Waals surface area contributed by atoms with Gasteiger partial charge in [0.15, 0.2) is 0 Å². The first-order valence-electron chi connectivity index (χ1n) is 6.69. The fourth-order valence-corrected chi connectivity index (χ4v) is 1.53. The Bertz CT molecular complexity index is 309. The summed E-state index contributed by atoms with van der Waals surface area (Å²) in [7, 11) is 0. The molecule has 0 unspecified atom stereocenters. The van der Waals surface area contributed by atoms with Gasteiger partial charge in [0.2, 0.25) is 0 Å². The van der Waals surface area contributed by atoms with Crippen LogP contribution >= 0.6 is 0 Å². The van der Waals surface area contributed by atoms with Crippen molar-refractivity contribution in [3.8, 4) is 6.07 Å². The van der Waals surface area contributed by atoms with Crippen molar-refractivity contribution in [2.45, 2.75) is 40.5 Å². The van der Waals surface area contributed by atoms with Crippen molar-refractivity contribution >= 4 is 5.91 Å². The van der Waals surface area contributed by atoms with E-state index in [0.29, 0.717) is 12.5 Å². The Kier molecular flexibility index (Phi) is 8.73. The lowest BCUT2D eigenvalue weighted by atomic mass is 10.2. The van der Waals surface area contributed by atoms with E-state index in [1.807, 2.05) is 24.8 Å². The fraction of sp³-hybridized carbons (Fsp3) is 0.714. The zero-order valence-electron chi connectivity index (χ0n) is 12.0. The molecule has 0 heterocycles. The minimum absolute atomic E-state index is 0.192. The van der Waals surface area contributed by atoms with E-state index in [1.165, 1.54) is 0 Å². The van der Waals surface area contributed by atoms with Gasteiger partial charge in [-0.1, -0.05) is 27.7 Å². The lowest BCUT2D eigenvalue weighted by Crippen LogP contribution is -2.30. The smallest absolute Gasteiger partial charge is 0.263 e. The van der Waals surface area contributed by atoms with Crippen LogP contribution in [0.3, 0.4) is 0 Å². The molecule has 102 valence electrons. The van der Waals surface area contributed by atoms with Crippen molar-refractivity contribution in [3.63, 3.8) is 0 Å². The summed E-state index contributed by atoms with van der Waals surface area (Å²) in [5.74, 6) is 0.111. The minimum atomic E-state index is -0.275. The van der Waals surface area contributed by atoms with E-state index in [4.69, 9.17) is 5.26 Å². The van der Waals surface area contributed by atoms with E-state index in [9.17, 15) is 4.79 Å². The van der Waals surface area contributed by atoms with Crippen LogP contribution in [0.4, 0.5) is 0 Å². The van der Waals surface area contributed by atoms with Crippen molar-refractivity contribution < 1.29 is 4.79 Å². The standard InChI is InChI=1S/C14H25N3O/c1-5-7-17(8-6-2)11-13(9-15)14(18)16-10-12(3)4/h11-12H,5-8,10H2,1-4H3,(H,16,18)/b13-11-.